The molecule has 0 saturated carbocycles. The molecule has 0 bridgehead atoms. The monoisotopic (exact) mass is 379 g/mol. The number of hydrogen-bond donors (Lipinski definition) is 2. The maximum Gasteiger partial charge on any atom is 0.244 e. The van der Waals surface area contributed by atoms with Gasteiger partial charge in [0.15, 0.2) is 0 Å². The molecule has 1 unspecified atom stereocenters. The predicted octanol–water partition coefficient (Wildman–Crippen LogP) is 3.93. The van der Waals surface area contributed by atoms with Gasteiger partial charge in [-0.2, -0.15) is 0 Å². The van der Waals surface area contributed by atoms with Gasteiger partial charge in [0.25, 0.3) is 0 Å². The van der Waals surface area contributed by atoms with Gasteiger partial charge < -0.3 is 15.5 Å². The Bertz CT molecular complexity index is 781. The molecular formula is C23H29N3O2. The van der Waals surface area contributed by atoms with Gasteiger partial charge in [-0.15, -0.1) is 0 Å². The highest BCUT2D eigenvalue weighted by Gasteiger charge is 2.26. The number of nitrogens with one attached hydrogen (secondary N) is 2. The molecule has 0 spiro atoms. The molecular weight excluding hydrogens is 350 g/mol. The summed E-state index contributed by atoms with van der Waals surface area (Å²) in [6.45, 7) is 5.03. The predicted molar refractivity (Wildman–Crippen MR) is 113 cm³/mol. The standard InChI is InChI=1S/C23H29N3O2/c1-17(24-21-8-10-22(11-9-21)25-18(2)27)23(28)26-14-12-20(13-15-26)16-19-6-4-3-5-7-19/h3-11,17,20,24H,12-16H2,1-2H3,(H,25,27). The van der Waals surface area contributed by atoms with Crippen LogP contribution in [0.3, 0.4) is 0 Å². The first-order valence-electron chi connectivity index (χ1n) is 9.98. The molecule has 2 aromatic rings. The Morgan fingerprint density at radius 3 is 2.21 bits per heavy atom. The van der Waals surface area contributed by atoms with Crippen molar-refractivity contribution < 1.29 is 9.59 Å². The van der Waals surface area contributed by atoms with Gasteiger partial charge in [-0.1, -0.05) is 30.3 Å². The van der Waals surface area contributed by atoms with E-state index in [2.05, 4.69) is 34.9 Å². The number of carbonyl (C=O) groups excluding carboxylic acids is 2. The molecule has 1 heterocycles. The van der Waals surface area contributed by atoms with Crippen LogP contribution in [-0.4, -0.2) is 35.8 Å². The maximum atomic E-state index is 12.8. The number of carbonyl (C=O) groups is 2. The first kappa shape index (κ1) is 19.9. The van der Waals surface area contributed by atoms with Gasteiger partial charge in [0, 0.05) is 31.4 Å². The summed E-state index contributed by atoms with van der Waals surface area (Å²) in [5.41, 5.74) is 3.00. The minimum absolute atomic E-state index is 0.0973. The fourth-order valence-corrected chi connectivity index (χ4v) is 3.74. The van der Waals surface area contributed by atoms with E-state index in [0.717, 1.165) is 43.7 Å². The molecule has 1 saturated heterocycles. The van der Waals surface area contributed by atoms with Crippen molar-refractivity contribution in [3.05, 3.63) is 60.2 Å². The Morgan fingerprint density at radius 2 is 1.61 bits per heavy atom. The molecule has 148 valence electrons. The molecule has 1 aliphatic rings. The maximum absolute atomic E-state index is 12.8. The van der Waals surface area contributed by atoms with E-state index in [0.29, 0.717) is 5.92 Å². The van der Waals surface area contributed by atoms with Crippen LogP contribution in [-0.2, 0) is 16.0 Å². The van der Waals surface area contributed by atoms with E-state index in [1.165, 1.54) is 12.5 Å². The van der Waals surface area contributed by atoms with Gasteiger partial charge in [-0.05, 0) is 61.9 Å². The fraction of sp³-hybridized carbons (Fsp3) is 0.391. The Hall–Kier alpha value is -2.82. The van der Waals surface area contributed by atoms with Gasteiger partial charge >= 0.3 is 0 Å². The molecule has 2 amide bonds. The van der Waals surface area contributed by atoms with E-state index < -0.39 is 0 Å². The van der Waals surface area contributed by atoms with Crippen molar-refractivity contribution in [2.24, 2.45) is 5.92 Å². The lowest BCUT2D eigenvalue weighted by atomic mass is 9.90. The molecule has 1 atom stereocenters. The van der Waals surface area contributed by atoms with Crippen LogP contribution in [0.15, 0.2) is 54.6 Å². The summed E-state index contributed by atoms with van der Waals surface area (Å²) in [6, 6.07) is 17.7. The van der Waals surface area contributed by atoms with E-state index in [1.54, 1.807) is 0 Å². The van der Waals surface area contributed by atoms with Crippen LogP contribution in [0.4, 0.5) is 11.4 Å². The number of anilines is 2. The second-order valence-electron chi connectivity index (χ2n) is 7.58. The van der Waals surface area contributed by atoms with Gasteiger partial charge in [0.05, 0.1) is 0 Å². The first-order chi connectivity index (χ1) is 13.5. The summed E-state index contributed by atoms with van der Waals surface area (Å²) in [5, 5.41) is 6.01. The number of amides is 2. The topological polar surface area (TPSA) is 61.4 Å². The normalized spacial score (nSPS) is 15.7. The van der Waals surface area contributed by atoms with E-state index in [1.807, 2.05) is 42.2 Å². The van der Waals surface area contributed by atoms with E-state index in [-0.39, 0.29) is 17.9 Å². The van der Waals surface area contributed by atoms with Gasteiger partial charge in [-0.25, -0.2) is 0 Å². The molecule has 5 nitrogen and oxygen atoms in total. The minimum atomic E-state index is -0.280. The molecule has 3 rings (SSSR count). The van der Waals surface area contributed by atoms with E-state index >= 15 is 0 Å². The number of piperidine rings is 1. The molecule has 28 heavy (non-hydrogen) atoms. The number of benzene rings is 2. The molecule has 2 aromatic carbocycles. The average Bonchev–Trinajstić information content (AvgIpc) is 2.70. The third-order valence-electron chi connectivity index (χ3n) is 5.25. The summed E-state index contributed by atoms with van der Waals surface area (Å²) in [6.07, 6.45) is 3.20. The Kier molecular flexibility index (Phi) is 6.69. The van der Waals surface area contributed by atoms with Crippen molar-refractivity contribution >= 4 is 23.2 Å². The van der Waals surface area contributed by atoms with E-state index in [9.17, 15) is 9.59 Å². The SMILES string of the molecule is CC(=O)Nc1ccc(NC(C)C(=O)N2CCC(Cc3ccccc3)CC2)cc1. The highest BCUT2D eigenvalue weighted by atomic mass is 16.2. The van der Waals surface area contributed by atoms with Crippen LogP contribution in [0, 0.1) is 5.92 Å². The third kappa shape index (κ3) is 5.59. The van der Waals surface area contributed by atoms with Crippen molar-refractivity contribution in [2.75, 3.05) is 23.7 Å². The summed E-state index contributed by atoms with van der Waals surface area (Å²) in [7, 11) is 0. The minimum Gasteiger partial charge on any atom is -0.374 e. The zero-order valence-electron chi connectivity index (χ0n) is 16.7. The lowest BCUT2D eigenvalue weighted by Crippen LogP contribution is -2.45. The summed E-state index contributed by atoms with van der Waals surface area (Å²) in [4.78, 5) is 25.9. The smallest absolute Gasteiger partial charge is 0.244 e. The fourth-order valence-electron chi connectivity index (χ4n) is 3.74. The lowest BCUT2D eigenvalue weighted by molar-refractivity contribution is -0.133. The Morgan fingerprint density at radius 1 is 1.00 bits per heavy atom. The highest BCUT2D eigenvalue weighted by molar-refractivity contribution is 5.89. The van der Waals surface area contributed by atoms with Crippen LogP contribution < -0.4 is 10.6 Å². The quantitative estimate of drug-likeness (QED) is 0.799. The van der Waals surface area contributed by atoms with Crippen LogP contribution in [0.1, 0.15) is 32.3 Å². The number of rotatable bonds is 6. The molecule has 1 fully saturated rings. The highest BCUT2D eigenvalue weighted by Crippen LogP contribution is 2.22. The lowest BCUT2D eigenvalue weighted by Gasteiger charge is -2.34. The van der Waals surface area contributed by atoms with Gasteiger partial charge in [0.2, 0.25) is 11.8 Å². The van der Waals surface area contributed by atoms with Crippen LogP contribution in [0.5, 0.6) is 0 Å². The van der Waals surface area contributed by atoms with Crippen LogP contribution in [0.25, 0.3) is 0 Å². The zero-order valence-corrected chi connectivity index (χ0v) is 16.7. The van der Waals surface area contributed by atoms with Crippen molar-refractivity contribution in [1.82, 2.24) is 4.90 Å². The number of nitrogens with zero attached hydrogens (tertiary/aromatic N) is 1. The van der Waals surface area contributed by atoms with Crippen molar-refractivity contribution in [3.8, 4) is 0 Å². The second kappa shape index (κ2) is 9.40. The second-order valence-corrected chi connectivity index (χ2v) is 7.58. The van der Waals surface area contributed by atoms with Crippen LogP contribution >= 0.6 is 0 Å². The van der Waals surface area contributed by atoms with Gasteiger partial charge in [0.1, 0.15) is 6.04 Å². The molecule has 0 aliphatic carbocycles. The molecule has 2 N–H and O–H groups in total. The molecule has 0 radical (unpaired) electrons. The Balaban J connectivity index is 1.47. The molecule has 0 aromatic heterocycles. The number of likely N-dealkylation sites (tertiary alicyclic amines) is 1. The summed E-state index contributed by atoms with van der Waals surface area (Å²) < 4.78 is 0. The third-order valence-corrected chi connectivity index (χ3v) is 5.25. The first-order valence-corrected chi connectivity index (χ1v) is 9.98. The summed E-state index contributed by atoms with van der Waals surface area (Å²) in [5.74, 6) is 0.694. The van der Waals surface area contributed by atoms with Crippen molar-refractivity contribution in [3.63, 3.8) is 0 Å². The molecule has 5 heteroatoms. The number of hydrogen-bond acceptors (Lipinski definition) is 3. The molecule has 1 aliphatic heterocycles. The van der Waals surface area contributed by atoms with Crippen molar-refractivity contribution in [2.45, 2.75) is 39.2 Å². The summed E-state index contributed by atoms with van der Waals surface area (Å²) >= 11 is 0. The Labute approximate surface area is 167 Å². The van der Waals surface area contributed by atoms with Gasteiger partial charge in [-0.3, -0.25) is 9.59 Å². The van der Waals surface area contributed by atoms with E-state index in [4.69, 9.17) is 0 Å². The zero-order chi connectivity index (χ0) is 19.9. The van der Waals surface area contributed by atoms with Crippen molar-refractivity contribution in [1.29, 1.82) is 0 Å². The van der Waals surface area contributed by atoms with Crippen LogP contribution in [0.2, 0.25) is 0 Å². The largest absolute Gasteiger partial charge is 0.374 e. The average molecular weight is 380 g/mol.